The highest BCUT2D eigenvalue weighted by atomic mass is 19.3. The summed E-state index contributed by atoms with van der Waals surface area (Å²) >= 11 is 0. The van der Waals surface area contributed by atoms with Crippen LogP contribution in [0.15, 0.2) is 47.5 Å². The van der Waals surface area contributed by atoms with Gasteiger partial charge in [-0.1, -0.05) is 0 Å². The number of benzene rings is 1. The van der Waals surface area contributed by atoms with Crippen LogP contribution in [0.1, 0.15) is 24.6 Å². The maximum absolute atomic E-state index is 13.3. The standard InChI is InChI=1S/C16H14F5N5O/c1-16(20,21)13-4-5-23-15(25-13)27-8-10(26-22)7-24-9-2-3-12(17)11(6-9)14(18)19/h2-7,14,22,24H,8H2,1H3/b10-7-,26-22?. The zero-order valence-corrected chi connectivity index (χ0v) is 13.9. The van der Waals surface area contributed by atoms with Gasteiger partial charge in [-0.2, -0.15) is 18.9 Å². The molecule has 2 N–H and O–H groups in total. The molecule has 0 aliphatic heterocycles. The first-order chi connectivity index (χ1) is 12.7. The Balaban J connectivity index is 2.05. The number of rotatable bonds is 8. The molecule has 144 valence electrons. The maximum Gasteiger partial charge on any atom is 0.317 e. The fraction of sp³-hybridized carbons (Fsp3) is 0.250. The molecular weight excluding hydrogens is 373 g/mol. The molecule has 11 heteroatoms. The van der Waals surface area contributed by atoms with E-state index in [-0.39, 0.29) is 24.0 Å². The smallest absolute Gasteiger partial charge is 0.317 e. The van der Waals surface area contributed by atoms with Crippen LogP contribution in [0.3, 0.4) is 0 Å². The second-order valence-corrected chi connectivity index (χ2v) is 5.33. The van der Waals surface area contributed by atoms with Crippen LogP contribution in [-0.2, 0) is 5.92 Å². The Kier molecular flexibility index (Phi) is 6.37. The van der Waals surface area contributed by atoms with Crippen molar-refractivity contribution in [2.75, 3.05) is 11.9 Å². The third-order valence-electron chi connectivity index (χ3n) is 3.21. The molecule has 0 bridgehead atoms. The number of hydrogen-bond acceptors (Lipinski definition) is 6. The van der Waals surface area contributed by atoms with E-state index in [0.29, 0.717) is 6.92 Å². The molecule has 0 aliphatic rings. The first kappa shape index (κ1) is 20.2. The molecular formula is C16H14F5N5O. The summed E-state index contributed by atoms with van der Waals surface area (Å²) in [6.45, 7) is 0.321. The zero-order valence-electron chi connectivity index (χ0n) is 13.9. The average Bonchev–Trinajstić information content (AvgIpc) is 2.62. The van der Waals surface area contributed by atoms with Crippen molar-refractivity contribution in [2.45, 2.75) is 19.3 Å². The van der Waals surface area contributed by atoms with Crippen molar-refractivity contribution in [3.63, 3.8) is 0 Å². The van der Waals surface area contributed by atoms with Gasteiger partial charge in [-0.05, 0) is 24.3 Å². The SMILES string of the molecule is CC(F)(F)c1ccnc(OC/C(=C/Nc2ccc(F)c(C(F)F)c2)N=N)n1. The molecule has 0 fully saturated rings. The molecule has 1 heterocycles. The van der Waals surface area contributed by atoms with Crippen LogP contribution >= 0.6 is 0 Å². The molecule has 0 unspecified atom stereocenters. The molecule has 2 rings (SSSR count). The topological polar surface area (TPSA) is 83.2 Å². The van der Waals surface area contributed by atoms with Crippen molar-refractivity contribution < 1.29 is 26.7 Å². The van der Waals surface area contributed by atoms with E-state index in [1.165, 1.54) is 6.07 Å². The van der Waals surface area contributed by atoms with Crippen LogP contribution < -0.4 is 10.1 Å². The number of nitrogens with one attached hydrogen (secondary N) is 2. The van der Waals surface area contributed by atoms with E-state index in [2.05, 4.69) is 20.4 Å². The Labute approximate surface area is 150 Å². The highest BCUT2D eigenvalue weighted by Crippen LogP contribution is 2.26. The average molecular weight is 387 g/mol. The highest BCUT2D eigenvalue weighted by Gasteiger charge is 2.26. The molecule has 1 aromatic heterocycles. The van der Waals surface area contributed by atoms with Crippen LogP contribution in [0.25, 0.3) is 0 Å². The summed E-state index contributed by atoms with van der Waals surface area (Å²) < 4.78 is 70.2. The molecule has 0 amide bonds. The molecule has 0 radical (unpaired) electrons. The van der Waals surface area contributed by atoms with E-state index < -0.39 is 29.4 Å². The first-order valence-electron chi connectivity index (χ1n) is 7.45. The Hall–Kier alpha value is -3.11. The fourth-order valence-corrected chi connectivity index (χ4v) is 1.87. The van der Waals surface area contributed by atoms with Gasteiger partial charge in [0, 0.05) is 25.0 Å². The Bertz CT molecular complexity index is 838. The lowest BCUT2D eigenvalue weighted by Crippen LogP contribution is -2.12. The van der Waals surface area contributed by atoms with E-state index in [1.54, 1.807) is 0 Å². The van der Waals surface area contributed by atoms with Crippen LogP contribution in [-0.4, -0.2) is 16.6 Å². The lowest BCUT2D eigenvalue weighted by molar-refractivity contribution is 0.0119. The molecule has 6 nitrogen and oxygen atoms in total. The van der Waals surface area contributed by atoms with Crippen molar-refractivity contribution in [3.05, 3.63) is 59.4 Å². The zero-order chi connectivity index (χ0) is 20.0. The van der Waals surface area contributed by atoms with E-state index in [9.17, 15) is 22.0 Å². The van der Waals surface area contributed by atoms with E-state index >= 15 is 0 Å². The summed E-state index contributed by atoms with van der Waals surface area (Å²) in [5, 5.41) is 5.74. The predicted molar refractivity (Wildman–Crippen MR) is 85.3 cm³/mol. The van der Waals surface area contributed by atoms with Crippen LogP contribution in [0.2, 0.25) is 0 Å². The Morgan fingerprint density at radius 3 is 2.74 bits per heavy atom. The second-order valence-electron chi connectivity index (χ2n) is 5.33. The van der Waals surface area contributed by atoms with Gasteiger partial charge in [0.15, 0.2) is 0 Å². The van der Waals surface area contributed by atoms with Gasteiger partial charge < -0.3 is 10.1 Å². The van der Waals surface area contributed by atoms with Gasteiger partial charge in [-0.15, -0.1) is 0 Å². The summed E-state index contributed by atoms with van der Waals surface area (Å²) in [4.78, 5) is 7.23. The number of halogens is 5. The second kappa shape index (κ2) is 8.52. The monoisotopic (exact) mass is 387 g/mol. The maximum atomic E-state index is 13.3. The molecule has 2 aromatic rings. The van der Waals surface area contributed by atoms with Crippen molar-refractivity contribution >= 4 is 5.69 Å². The number of alkyl halides is 4. The quantitative estimate of drug-likeness (QED) is 0.492. The van der Waals surface area contributed by atoms with Gasteiger partial charge in [0.25, 0.3) is 12.3 Å². The molecule has 0 saturated heterocycles. The van der Waals surface area contributed by atoms with Gasteiger partial charge in [0.1, 0.15) is 23.8 Å². The Morgan fingerprint density at radius 2 is 2.11 bits per heavy atom. The minimum atomic E-state index is -3.17. The molecule has 0 saturated carbocycles. The summed E-state index contributed by atoms with van der Waals surface area (Å²) in [5.74, 6) is -4.22. The van der Waals surface area contributed by atoms with Gasteiger partial charge in [0.2, 0.25) is 0 Å². The summed E-state index contributed by atoms with van der Waals surface area (Å²) in [7, 11) is 0. The highest BCUT2D eigenvalue weighted by molar-refractivity contribution is 5.49. The summed E-state index contributed by atoms with van der Waals surface area (Å²) in [6, 6.07) is 3.70. The number of nitrogens with zero attached hydrogens (tertiary/aromatic N) is 3. The van der Waals surface area contributed by atoms with Crippen molar-refractivity contribution in [1.82, 2.24) is 9.97 Å². The van der Waals surface area contributed by atoms with Gasteiger partial charge in [0.05, 0.1) is 5.56 Å². The van der Waals surface area contributed by atoms with Gasteiger partial charge in [-0.3, -0.25) is 0 Å². The molecule has 0 atom stereocenters. The lowest BCUT2D eigenvalue weighted by atomic mass is 10.2. The van der Waals surface area contributed by atoms with Crippen LogP contribution in [0.4, 0.5) is 27.6 Å². The first-order valence-corrected chi connectivity index (χ1v) is 7.45. The van der Waals surface area contributed by atoms with E-state index in [0.717, 1.165) is 30.6 Å². The third-order valence-corrected chi connectivity index (χ3v) is 3.21. The molecule has 1 aromatic carbocycles. The fourth-order valence-electron chi connectivity index (χ4n) is 1.87. The molecule has 27 heavy (non-hydrogen) atoms. The number of ether oxygens (including phenoxy) is 1. The third kappa shape index (κ3) is 5.69. The number of anilines is 1. The molecule has 0 aliphatic carbocycles. The van der Waals surface area contributed by atoms with Crippen molar-refractivity contribution in [3.8, 4) is 6.01 Å². The minimum absolute atomic E-state index is 0.0183. The summed E-state index contributed by atoms with van der Waals surface area (Å²) in [6.07, 6.45) is -0.729. The van der Waals surface area contributed by atoms with Crippen LogP contribution in [0, 0.1) is 11.3 Å². The van der Waals surface area contributed by atoms with Gasteiger partial charge >= 0.3 is 6.01 Å². The minimum Gasteiger partial charge on any atom is -0.457 e. The largest absolute Gasteiger partial charge is 0.457 e. The number of hydrogen-bond donors (Lipinski definition) is 2. The normalized spacial score (nSPS) is 12.2. The van der Waals surface area contributed by atoms with Crippen molar-refractivity contribution in [1.29, 1.82) is 5.53 Å². The molecule has 0 spiro atoms. The number of aromatic nitrogens is 2. The lowest BCUT2D eigenvalue weighted by Gasteiger charge is -2.10. The Morgan fingerprint density at radius 1 is 1.37 bits per heavy atom. The van der Waals surface area contributed by atoms with E-state index in [4.69, 9.17) is 10.3 Å². The van der Waals surface area contributed by atoms with Crippen LogP contribution in [0.5, 0.6) is 6.01 Å². The van der Waals surface area contributed by atoms with E-state index in [1.807, 2.05) is 0 Å². The van der Waals surface area contributed by atoms with Gasteiger partial charge in [-0.25, -0.2) is 23.7 Å². The van der Waals surface area contributed by atoms with Crippen molar-refractivity contribution in [2.24, 2.45) is 5.11 Å². The predicted octanol–water partition coefficient (Wildman–Crippen LogP) is 5.03. The summed E-state index contributed by atoms with van der Waals surface area (Å²) in [5.41, 5.74) is 5.88.